The quantitative estimate of drug-likeness (QED) is 0.639. The molecule has 0 saturated carbocycles. The van der Waals surface area contributed by atoms with E-state index in [9.17, 15) is 5.11 Å². The monoisotopic (exact) mass is 156 g/mol. The maximum atomic E-state index is 9.37. The van der Waals surface area contributed by atoms with E-state index in [4.69, 9.17) is 5.11 Å². The van der Waals surface area contributed by atoms with Gasteiger partial charge in [0.2, 0.25) is 0 Å². The maximum Gasteiger partial charge on any atom is 0.0978 e. The minimum atomic E-state index is -0.604. The highest BCUT2D eigenvalue weighted by Gasteiger charge is 2.09. The number of hydrogen-bond donors (Lipinski definition) is 2. The van der Waals surface area contributed by atoms with Crippen LogP contribution in [-0.2, 0) is 7.05 Å². The number of hydrogen-bond acceptors (Lipinski definition) is 3. The highest BCUT2D eigenvalue weighted by atomic mass is 16.3. The van der Waals surface area contributed by atoms with Gasteiger partial charge in [0.15, 0.2) is 0 Å². The zero-order valence-electron chi connectivity index (χ0n) is 6.44. The lowest BCUT2D eigenvalue weighted by atomic mass is 10.2. The first-order chi connectivity index (χ1) is 5.25. The lowest BCUT2D eigenvalue weighted by molar-refractivity contribution is 0.127. The summed E-state index contributed by atoms with van der Waals surface area (Å²) in [5.41, 5.74) is 0.735. The average Bonchev–Trinajstić information content (AvgIpc) is 2.36. The summed E-state index contributed by atoms with van der Waals surface area (Å²) in [7, 11) is 1.76. The highest BCUT2D eigenvalue weighted by molar-refractivity contribution is 5.03. The van der Waals surface area contributed by atoms with Crippen molar-refractivity contribution in [3.63, 3.8) is 0 Å². The van der Waals surface area contributed by atoms with E-state index < -0.39 is 6.10 Å². The molecule has 11 heavy (non-hydrogen) atoms. The van der Waals surface area contributed by atoms with Gasteiger partial charge in [0.05, 0.1) is 11.8 Å². The average molecular weight is 156 g/mol. The van der Waals surface area contributed by atoms with Gasteiger partial charge in [0.1, 0.15) is 0 Å². The molecule has 1 heterocycles. The molecule has 0 saturated heterocycles. The SMILES string of the molecule is Cn1nccc1C(O)CCO. The van der Waals surface area contributed by atoms with Crippen molar-refractivity contribution in [1.29, 1.82) is 0 Å². The van der Waals surface area contributed by atoms with E-state index in [1.54, 1.807) is 24.0 Å². The first-order valence-electron chi connectivity index (χ1n) is 3.52. The smallest absolute Gasteiger partial charge is 0.0978 e. The fourth-order valence-corrected chi connectivity index (χ4v) is 0.981. The van der Waals surface area contributed by atoms with E-state index in [1.165, 1.54) is 0 Å². The second-order valence-electron chi connectivity index (χ2n) is 2.41. The topological polar surface area (TPSA) is 58.3 Å². The van der Waals surface area contributed by atoms with Crippen LogP contribution in [0.25, 0.3) is 0 Å². The highest BCUT2D eigenvalue weighted by Crippen LogP contribution is 2.13. The van der Waals surface area contributed by atoms with Crippen molar-refractivity contribution in [3.05, 3.63) is 18.0 Å². The summed E-state index contributed by atoms with van der Waals surface area (Å²) in [6.07, 6.45) is 1.38. The minimum absolute atomic E-state index is 0.00759. The predicted molar refractivity (Wildman–Crippen MR) is 39.9 cm³/mol. The van der Waals surface area contributed by atoms with Gasteiger partial charge in [-0.05, 0) is 6.07 Å². The Hall–Kier alpha value is -0.870. The molecule has 0 aliphatic carbocycles. The molecule has 0 aliphatic rings. The van der Waals surface area contributed by atoms with Crippen LogP contribution in [0.4, 0.5) is 0 Å². The molecular formula is C7H12N2O2. The van der Waals surface area contributed by atoms with Crippen LogP contribution in [0.3, 0.4) is 0 Å². The Kier molecular flexibility index (Phi) is 2.62. The Balaban J connectivity index is 2.67. The van der Waals surface area contributed by atoms with E-state index in [1.807, 2.05) is 0 Å². The molecular weight excluding hydrogens is 144 g/mol. The van der Waals surface area contributed by atoms with Crippen molar-refractivity contribution >= 4 is 0 Å². The molecule has 62 valence electrons. The van der Waals surface area contributed by atoms with Crippen LogP contribution in [0.1, 0.15) is 18.2 Å². The Bertz CT molecular complexity index is 222. The number of aromatic nitrogens is 2. The largest absolute Gasteiger partial charge is 0.396 e. The molecule has 1 unspecified atom stereocenters. The van der Waals surface area contributed by atoms with Crippen molar-refractivity contribution in [2.45, 2.75) is 12.5 Å². The van der Waals surface area contributed by atoms with Crippen molar-refractivity contribution < 1.29 is 10.2 Å². The summed E-state index contributed by atoms with van der Waals surface area (Å²) in [5, 5.41) is 21.8. The van der Waals surface area contributed by atoms with Crippen LogP contribution in [0.5, 0.6) is 0 Å². The molecule has 0 spiro atoms. The van der Waals surface area contributed by atoms with E-state index in [0.29, 0.717) is 6.42 Å². The van der Waals surface area contributed by atoms with Crippen molar-refractivity contribution in [2.75, 3.05) is 6.61 Å². The Morgan fingerprint density at radius 3 is 2.91 bits per heavy atom. The first-order valence-corrected chi connectivity index (χ1v) is 3.52. The van der Waals surface area contributed by atoms with Crippen molar-refractivity contribution in [1.82, 2.24) is 9.78 Å². The second-order valence-corrected chi connectivity index (χ2v) is 2.41. The standard InChI is InChI=1S/C7H12N2O2/c1-9-6(2-4-8-9)7(11)3-5-10/h2,4,7,10-11H,3,5H2,1H3. The van der Waals surface area contributed by atoms with Crippen LogP contribution in [0.2, 0.25) is 0 Å². The van der Waals surface area contributed by atoms with Gasteiger partial charge >= 0.3 is 0 Å². The molecule has 4 nitrogen and oxygen atoms in total. The molecule has 1 atom stereocenters. The van der Waals surface area contributed by atoms with Gasteiger partial charge in [0, 0.05) is 26.3 Å². The van der Waals surface area contributed by atoms with Gasteiger partial charge in [-0.2, -0.15) is 5.10 Å². The zero-order valence-corrected chi connectivity index (χ0v) is 6.44. The molecule has 1 aromatic heterocycles. The van der Waals surface area contributed by atoms with E-state index in [0.717, 1.165) is 5.69 Å². The second kappa shape index (κ2) is 3.50. The lowest BCUT2D eigenvalue weighted by Gasteiger charge is -2.07. The van der Waals surface area contributed by atoms with Crippen LogP contribution < -0.4 is 0 Å². The van der Waals surface area contributed by atoms with Crippen molar-refractivity contribution in [2.24, 2.45) is 7.05 Å². The Morgan fingerprint density at radius 1 is 1.73 bits per heavy atom. The number of rotatable bonds is 3. The third-order valence-corrected chi connectivity index (χ3v) is 1.60. The summed E-state index contributed by atoms with van der Waals surface area (Å²) in [5.74, 6) is 0. The molecule has 0 bridgehead atoms. The van der Waals surface area contributed by atoms with E-state index >= 15 is 0 Å². The fraction of sp³-hybridized carbons (Fsp3) is 0.571. The number of aliphatic hydroxyl groups excluding tert-OH is 2. The maximum absolute atomic E-state index is 9.37. The Morgan fingerprint density at radius 2 is 2.45 bits per heavy atom. The van der Waals surface area contributed by atoms with Crippen LogP contribution in [0.15, 0.2) is 12.3 Å². The third kappa shape index (κ3) is 1.78. The summed E-state index contributed by atoms with van der Waals surface area (Å²) < 4.78 is 1.60. The molecule has 0 aromatic carbocycles. The molecule has 2 N–H and O–H groups in total. The minimum Gasteiger partial charge on any atom is -0.396 e. The molecule has 0 aliphatic heterocycles. The van der Waals surface area contributed by atoms with Crippen molar-refractivity contribution in [3.8, 4) is 0 Å². The predicted octanol–water partition coefficient (Wildman–Crippen LogP) is -0.164. The van der Waals surface area contributed by atoms with Gasteiger partial charge in [-0.25, -0.2) is 0 Å². The van der Waals surface area contributed by atoms with Gasteiger partial charge in [-0.15, -0.1) is 0 Å². The Labute approximate surface area is 65.1 Å². The van der Waals surface area contributed by atoms with Crippen LogP contribution >= 0.6 is 0 Å². The normalized spacial score (nSPS) is 13.4. The lowest BCUT2D eigenvalue weighted by Crippen LogP contribution is -2.06. The fourth-order valence-electron chi connectivity index (χ4n) is 0.981. The molecule has 1 rings (SSSR count). The van der Waals surface area contributed by atoms with Crippen LogP contribution in [0, 0.1) is 0 Å². The van der Waals surface area contributed by atoms with Gasteiger partial charge < -0.3 is 10.2 Å². The molecule has 0 radical (unpaired) electrons. The molecule has 4 heteroatoms. The molecule has 0 fully saturated rings. The van der Waals surface area contributed by atoms with Gasteiger partial charge in [-0.3, -0.25) is 4.68 Å². The summed E-state index contributed by atoms with van der Waals surface area (Å²) >= 11 is 0. The summed E-state index contributed by atoms with van der Waals surface area (Å²) in [4.78, 5) is 0. The van der Waals surface area contributed by atoms with E-state index in [2.05, 4.69) is 5.10 Å². The summed E-state index contributed by atoms with van der Waals surface area (Å²) in [6, 6.07) is 1.74. The van der Waals surface area contributed by atoms with E-state index in [-0.39, 0.29) is 6.61 Å². The van der Waals surface area contributed by atoms with Gasteiger partial charge in [-0.1, -0.05) is 0 Å². The third-order valence-electron chi connectivity index (χ3n) is 1.60. The zero-order chi connectivity index (χ0) is 8.27. The molecule has 1 aromatic rings. The number of aliphatic hydroxyl groups is 2. The first kappa shape index (κ1) is 8.23. The van der Waals surface area contributed by atoms with Crippen LogP contribution in [-0.4, -0.2) is 26.6 Å². The molecule has 0 amide bonds. The van der Waals surface area contributed by atoms with Gasteiger partial charge in [0.25, 0.3) is 0 Å². The number of aryl methyl sites for hydroxylation is 1. The summed E-state index contributed by atoms with van der Waals surface area (Å²) in [6.45, 7) is -0.00759. The number of nitrogens with zero attached hydrogens (tertiary/aromatic N) is 2.